The van der Waals surface area contributed by atoms with Gasteiger partial charge in [-0.1, -0.05) is 6.92 Å². The van der Waals surface area contributed by atoms with Crippen LogP contribution in [0.2, 0.25) is 0 Å². The zero-order valence-corrected chi connectivity index (χ0v) is 7.26. The van der Waals surface area contributed by atoms with Crippen LogP contribution in [0.1, 0.15) is 32.1 Å². The van der Waals surface area contributed by atoms with Gasteiger partial charge in [0, 0.05) is 12.6 Å². The SMILES string of the molecule is [CH2]CC1CCCN(C2CC2)C1. The molecule has 1 saturated heterocycles. The molecule has 2 rings (SSSR count). The predicted octanol–water partition coefficient (Wildman–Crippen LogP) is 2.08. The molecule has 2 fully saturated rings. The maximum Gasteiger partial charge on any atom is 0.00965 e. The van der Waals surface area contributed by atoms with Crippen molar-refractivity contribution in [2.75, 3.05) is 13.1 Å². The lowest BCUT2D eigenvalue weighted by Gasteiger charge is -2.32. The van der Waals surface area contributed by atoms with Crippen LogP contribution < -0.4 is 0 Å². The fourth-order valence-electron chi connectivity index (χ4n) is 2.10. The van der Waals surface area contributed by atoms with Crippen LogP contribution in [-0.2, 0) is 0 Å². The zero-order chi connectivity index (χ0) is 7.68. The average molecular weight is 152 g/mol. The van der Waals surface area contributed by atoms with Crippen LogP contribution in [0.15, 0.2) is 0 Å². The Kier molecular flexibility index (Phi) is 2.17. The van der Waals surface area contributed by atoms with Gasteiger partial charge < -0.3 is 4.90 Å². The van der Waals surface area contributed by atoms with Gasteiger partial charge in [0.1, 0.15) is 0 Å². The Morgan fingerprint density at radius 1 is 1.27 bits per heavy atom. The molecular weight excluding hydrogens is 134 g/mol. The lowest BCUT2D eigenvalue weighted by molar-refractivity contribution is 0.167. The molecular formula is C10H18N. The van der Waals surface area contributed by atoms with Crippen molar-refractivity contribution < 1.29 is 0 Å². The highest BCUT2D eigenvalue weighted by Crippen LogP contribution is 2.31. The molecule has 0 aromatic carbocycles. The maximum atomic E-state index is 4.00. The van der Waals surface area contributed by atoms with Gasteiger partial charge in [0.15, 0.2) is 0 Å². The minimum atomic E-state index is 0.907. The summed E-state index contributed by atoms with van der Waals surface area (Å²) in [7, 11) is 0. The first-order valence-electron chi connectivity index (χ1n) is 4.93. The van der Waals surface area contributed by atoms with Crippen LogP contribution in [0, 0.1) is 12.8 Å². The number of hydrogen-bond acceptors (Lipinski definition) is 1. The van der Waals surface area contributed by atoms with E-state index in [0.29, 0.717) is 0 Å². The van der Waals surface area contributed by atoms with E-state index >= 15 is 0 Å². The second kappa shape index (κ2) is 3.14. The maximum absolute atomic E-state index is 4.00. The normalized spacial score (nSPS) is 34.1. The monoisotopic (exact) mass is 152 g/mol. The van der Waals surface area contributed by atoms with Crippen LogP contribution in [0.5, 0.6) is 0 Å². The van der Waals surface area contributed by atoms with Crippen LogP contribution >= 0.6 is 0 Å². The van der Waals surface area contributed by atoms with Crippen molar-refractivity contribution in [1.82, 2.24) is 4.90 Å². The van der Waals surface area contributed by atoms with Crippen molar-refractivity contribution in [2.45, 2.75) is 38.1 Å². The van der Waals surface area contributed by atoms with E-state index in [-0.39, 0.29) is 0 Å². The summed E-state index contributed by atoms with van der Waals surface area (Å²) in [5.41, 5.74) is 0. The lowest BCUT2D eigenvalue weighted by Crippen LogP contribution is -2.36. The van der Waals surface area contributed by atoms with Crippen molar-refractivity contribution >= 4 is 0 Å². The van der Waals surface area contributed by atoms with Crippen LogP contribution in [0.4, 0.5) is 0 Å². The zero-order valence-electron chi connectivity index (χ0n) is 7.26. The van der Waals surface area contributed by atoms with Gasteiger partial charge in [-0.2, -0.15) is 0 Å². The van der Waals surface area contributed by atoms with Crippen molar-refractivity contribution in [3.63, 3.8) is 0 Å². The van der Waals surface area contributed by atoms with Gasteiger partial charge in [-0.25, -0.2) is 0 Å². The highest BCUT2D eigenvalue weighted by atomic mass is 15.2. The number of rotatable bonds is 2. The molecule has 1 radical (unpaired) electrons. The highest BCUT2D eigenvalue weighted by Gasteiger charge is 2.31. The van der Waals surface area contributed by atoms with Crippen molar-refractivity contribution in [3.05, 3.63) is 6.92 Å². The second-order valence-electron chi connectivity index (χ2n) is 4.02. The molecule has 1 nitrogen and oxygen atoms in total. The Hall–Kier alpha value is -0.0400. The van der Waals surface area contributed by atoms with Crippen molar-refractivity contribution in [1.29, 1.82) is 0 Å². The molecule has 2 aliphatic rings. The third-order valence-electron chi connectivity index (χ3n) is 3.02. The first kappa shape index (κ1) is 7.60. The van der Waals surface area contributed by atoms with Crippen LogP contribution in [0.25, 0.3) is 0 Å². The van der Waals surface area contributed by atoms with Gasteiger partial charge in [0.05, 0.1) is 0 Å². The van der Waals surface area contributed by atoms with Crippen LogP contribution in [-0.4, -0.2) is 24.0 Å². The minimum Gasteiger partial charge on any atom is -0.300 e. The number of hydrogen-bond donors (Lipinski definition) is 0. The fraction of sp³-hybridized carbons (Fsp3) is 0.900. The highest BCUT2D eigenvalue weighted by molar-refractivity contribution is 4.87. The summed E-state index contributed by atoms with van der Waals surface area (Å²) in [5.74, 6) is 0.907. The molecule has 0 aromatic heterocycles. The summed E-state index contributed by atoms with van der Waals surface area (Å²) in [6.07, 6.45) is 6.90. The summed E-state index contributed by atoms with van der Waals surface area (Å²) in [6, 6.07) is 0.976. The Morgan fingerprint density at radius 3 is 2.73 bits per heavy atom. The summed E-state index contributed by atoms with van der Waals surface area (Å²) in [6.45, 7) is 6.70. The van der Waals surface area contributed by atoms with Crippen LogP contribution in [0.3, 0.4) is 0 Å². The van der Waals surface area contributed by atoms with E-state index in [1.807, 2.05) is 0 Å². The van der Waals surface area contributed by atoms with E-state index in [0.717, 1.165) is 18.4 Å². The third-order valence-corrected chi connectivity index (χ3v) is 3.02. The van der Waals surface area contributed by atoms with Crippen molar-refractivity contribution in [3.8, 4) is 0 Å². The smallest absolute Gasteiger partial charge is 0.00965 e. The molecule has 0 bridgehead atoms. The summed E-state index contributed by atoms with van der Waals surface area (Å²) in [4.78, 5) is 2.68. The average Bonchev–Trinajstić information content (AvgIpc) is 2.87. The molecule has 0 amide bonds. The number of nitrogens with zero attached hydrogens (tertiary/aromatic N) is 1. The molecule has 63 valence electrons. The lowest BCUT2D eigenvalue weighted by atomic mass is 9.96. The van der Waals surface area contributed by atoms with Gasteiger partial charge >= 0.3 is 0 Å². The molecule has 0 N–H and O–H groups in total. The molecule has 1 saturated carbocycles. The first-order chi connectivity index (χ1) is 5.40. The van der Waals surface area contributed by atoms with E-state index in [2.05, 4.69) is 11.8 Å². The molecule has 1 heterocycles. The largest absolute Gasteiger partial charge is 0.300 e. The summed E-state index contributed by atoms with van der Waals surface area (Å²) < 4.78 is 0. The van der Waals surface area contributed by atoms with Gasteiger partial charge in [-0.15, -0.1) is 0 Å². The van der Waals surface area contributed by atoms with E-state index in [9.17, 15) is 0 Å². The Bertz CT molecular complexity index is 129. The molecule has 1 aliphatic heterocycles. The van der Waals surface area contributed by atoms with Gasteiger partial charge in [0.25, 0.3) is 0 Å². The Balaban J connectivity index is 1.82. The molecule has 1 aliphatic carbocycles. The van der Waals surface area contributed by atoms with Gasteiger partial charge in [0.2, 0.25) is 0 Å². The van der Waals surface area contributed by atoms with Gasteiger partial charge in [-0.3, -0.25) is 0 Å². The molecule has 0 spiro atoms. The first-order valence-corrected chi connectivity index (χ1v) is 4.93. The standard InChI is InChI=1S/C10H18N/c1-2-9-4-3-7-11(8-9)10-5-6-10/h9-10H,1-8H2. The quantitative estimate of drug-likeness (QED) is 0.585. The summed E-state index contributed by atoms with van der Waals surface area (Å²) >= 11 is 0. The molecule has 1 heteroatoms. The molecule has 1 unspecified atom stereocenters. The van der Waals surface area contributed by atoms with E-state index in [1.54, 1.807) is 0 Å². The molecule has 11 heavy (non-hydrogen) atoms. The van der Waals surface area contributed by atoms with E-state index < -0.39 is 0 Å². The Labute approximate surface area is 69.8 Å². The van der Waals surface area contributed by atoms with Gasteiger partial charge in [-0.05, 0) is 44.6 Å². The summed E-state index contributed by atoms with van der Waals surface area (Å²) in [5, 5.41) is 0. The molecule has 1 atom stereocenters. The second-order valence-corrected chi connectivity index (χ2v) is 4.02. The minimum absolute atomic E-state index is 0.907. The Morgan fingerprint density at radius 2 is 2.09 bits per heavy atom. The van der Waals surface area contributed by atoms with E-state index in [4.69, 9.17) is 0 Å². The fourth-order valence-corrected chi connectivity index (χ4v) is 2.10. The number of piperidine rings is 1. The number of likely N-dealkylation sites (tertiary alicyclic amines) is 1. The third kappa shape index (κ3) is 1.76. The topological polar surface area (TPSA) is 3.24 Å². The van der Waals surface area contributed by atoms with Crippen molar-refractivity contribution in [2.24, 2.45) is 5.92 Å². The molecule has 0 aromatic rings. The predicted molar refractivity (Wildman–Crippen MR) is 47.3 cm³/mol. The van der Waals surface area contributed by atoms with E-state index in [1.165, 1.54) is 38.8 Å².